The SMILES string of the molecule is O=C(O)CSc1cc(C(F)F)nn1-c1ccncc1. The van der Waals surface area contributed by atoms with E-state index in [0.717, 1.165) is 11.8 Å². The molecule has 0 aliphatic rings. The Hall–Kier alpha value is -1.96. The summed E-state index contributed by atoms with van der Waals surface area (Å²) < 4.78 is 26.6. The molecule has 5 nitrogen and oxygen atoms in total. The van der Waals surface area contributed by atoms with Crippen molar-refractivity contribution in [3.05, 3.63) is 36.3 Å². The van der Waals surface area contributed by atoms with Crippen LogP contribution in [0.5, 0.6) is 0 Å². The summed E-state index contributed by atoms with van der Waals surface area (Å²) in [6.45, 7) is 0. The summed E-state index contributed by atoms with van der Waals surface area (Å²) in [7, 11) is 0. The second kappa shape index (κ2) is 5.79. The molecule has 0 bridgehead atoms. The zero-order chi connectivity index (χ0) is 13.8. The molecule has 0 aliphatic heterocycles. The van der Waals surface area contributed by atoms with Crippen molar-refractivity contribution in [2.75, 3.05) is 5.75 Å². The summed E-state index contributed by atoms with van der Waals surface area (Å²) in [5, 5.41) is 12.8. The molecular weight excluding hydrogens is 276 g/mol. The maximum absolute atomic E-state index is 12.7. The first-order valence-electron chi connectivity index (χ1n) is 5.21. The highest BCUT2D eigenvalue weighted by Gasteiger charge is 2.17. The van der Waals surface area contributed by atoms with Crippen LogP contribution in [0.4, 0.5) is 8.78 Å². The van der Waals surface area contributed by atoms with Gasteiger partial charge in [-0.05, 0) is 18.2 Å². The van der Waals surface area contributed by atoms with E-state index < -0.39 is 12.4 Å². The molecule has 2 aromatic heterocycles. The fourth-order valence-electron chi connectivity index (χ4n) is 1.40. The number of halogens is 2. The molecule has 0 saturated carbocycles. The molecule has 0 amide bonds. The highest BCUT2D eigenvalue weighted by molar-refractivity contribution is 7.99. The van der Waals surface area contributed by atoms with Gasteiger partial charge in [0.1, 0.15) is 10.7 Å². The molecular formula is C11H9F2N3O2S. The molecule has 2 aromatic rings. The van der Waals surface area contributed by atoms with E-state index in [0.29, 0.717) is 10.7 Å². The third-order valence-corrected chi connectivity index (χ3v) is 3.15. The van der Waals surface area contributed by atoms with E-state index in [2.05, 4.69) is 10.1 Å². The lowest BCUT2D eigenvalue weighted by molar-refractivity contribution is -0.133. The van der Waals surface area contributed by atoms with Crippen molar-refractivity contribution in [3.63, 3.8) is 0 Å². The van der Waals surface area contributed by atoms with Crippen molar-refractivity contribution in [2.45, 2.75) is 11.5 Å². The number of carboxylic acid groups (broad SMARTS) is 1. The van der Waals surface area contributed by atoms with Crippen molar-refractivity contribution in [3.8, 4) is 5.69 Å². The van der Waals surface area contributed by atoms with Gasteiger partial charge in [-0.25, -0.2) is 13.5 Å². The minimum Gasteiger partial charge on any atom is -0.481 e. The molecule has 0 atom stereocenters. The number of aromatic nitrogens is 3. The van der Waals surface area contributed by atoms with Crippen molar-refractivity contribution in [1.29, 1.82) is 0 Å². The Morgan fingerprint density at radius 2 is 2.11 bits per heavy atom. The Labute approximate surface area is 111 Å². The van der Waals surface area contributed by atoms with Crippen LogP contribution in [0.2, 0.25) is 0 Å². The van der Waals surface area contributed by atoms with Crippen LogP contribution in [0.15, 0.2) is 35.6 Å². The standard InChI is InChI=1S/C11H9F2N3O2S/c12-11(13)8-5-9(19-6-10(17)18)16(15-8)7-1-3-14-4-2-7/h1-5,11H,6H2,(H,17,18). The molecule has 2 heterocycles. The lowest BCUT2D eigenvalue weighted by Crippen LogP contribution is -2.02. The van der Waals surface area contributed by atoms with E-state index >= 15 is 0 Å². The molecule has 0 spiro atoms. The predicted molar refractivity (Wildman–Crippen MR) is 64.7 cm³/mol. The smallest absolute Gasteiger partial charge is 0.313 e. The van der Waals surface area contributed by atoms with Crippen molar-refractivity contribution in [1.82, 2.24) is 14.8 Å². The normalized spacial score (nSPS) is 10.9. The zero-order valence-electron chi connectivity index (χ0n) is 9.53. The quantitative estimate of drug-likeness (QED) is 0.854. The molecule has 2 rings (SSSR count). The lowest BCUT2D eigenvalue weighted by atomic mass is 10.4. The predicted octanol–water partition coefficient (Wildman–Crippen LogP) is 2.38. The molecule has 8 heteroatoms. The van der Waals surface area contributed by atoms with E-state index in [1.165, 1.54) is 23.1 Å². The highest BCUT2D eigenvalue weighted by Crippen LogP contribution is 2.27. The summed E-state index contributed by atoms with van der Waals surface area (Å²) >= 11 is 0.935. The van der Waals surface area contributed by atoms with Crippen molar-refractivity contribution >= 4 is 17.7 Å². The third kappa shape index (κ3) is 3.28. The minimum absolute atomic E-state index is 0.223. The summed E-state index contributed by atoms with van der Waals surface area (Å²) in [4.78, 5) is 14.4. The second-order valence-corrected chi connectivity index (χ2v) is 4.50. The highest BCUT2D eigenvalue weighted by atomic mass is 32.2. The Morgan fingerprint density at radius 1 is 1.42 bits per heavy atom. The summed E-state index contributed by atoms with van der Waals surface area (Å²) in [5.74, 6) is -1.24. The lowest BCUT2D eigenvalue weighted by Gasteiger charge is -2.05. The molecule has 0 unspecified atom stereocenters. The monoisotopic (exact) mass is 285 g/mol. The van der Waals surface area contributed by atoms with E-state index in [4.69, 9.17) is 5.11 Å². The van der Waals surface area contributed by atoms with E-state index in [1.807, 2.05) is 0 Å². The summed E-state index contributed by atoms with van der Waals surface area (Å²) in [6, 6.07) is 4.40. The van der Waals surface area contributed by atoms with Gasteiger partial charge in [-0.1, -0.05) is 11.8 Å². The van der Waals surface area contributed by atoms with Crippen molar-refractivity contribution in [2.24, 2.45) is 0 Å². The van der Waals surface area contributed by atoms with Crippen LogP contribution in [-0.2, 0) is 4.79 Å². The fraction of sp³-hybridized carbons (Fsp3) is 0.182. The Kier molecular flexibility index (Phi) is 4.10. The van der Waals surface area contributed by atoms with Crippen LogP contribution in [0.25, 0.3) is 5.69 Å². The van der Waals surface area contributed by atoms with Crippen LogP contribution in [0.3, 0.4) is 0 Å². The van der Waals surface area contributed by atoms with Gasteiger partial charge in [0.05, 0.1) is 11.4 Å². The molecule has 0 fully saturated rings. The molecule has 0 saturated heterocycles. The average Bonchev–Trinajstić information content (AvgIpc) is 2.81. The number of thioether (sulfide) groups is 1. The van der Waals surface area contributed by atoms with Gasteiger partial charge < -0.3 is 5.11 Å². The number of rotatable bonds is 5. The van der Waals surface area contributed by atoms with Gasteiger partial charge in [0.15, 0.2) is 0 Å². The third-order valence-electron chi connectivity index (χ3n) is 2.17. The maximum atomic E-state index is 12.7. The second-order valence-electron chi connectivity index (χ2n) is 3.51. The molecule has 100 valence electrons. The zero-order valence-corrected chi connectivity index (χ0v) is 10.3. The van der Waals surface area contributed by atoms with Crippen LogP contribution in [0.1, 0.15) is 12.1 Å². The molecule has 19 heavy (non-hydrogen) atoms. The Morgan fingerprint density at radius 3 is 2.68 bits per heavy atom. The van der Waals surface area contributed by atoms with Gasteiger partial charge >= 0.3 is 5.97 Å². The first-order chi connectivity index (χ1) is 9.08. The number of hydrogen-bond donors (Lipinski definition) is 1. The average molecular weight is 285 g/mol. The number of carboxylic acids is 1. The minimum atomic E-state index is -2.70. The van der Waals surface area contributed by atoms with Gasteiger partial charge in [0.2, 0.25) is 0 Å². The van der Waals surface area contributed by atoms with Crippen LogP contribution in [0, 0.1) is 0 Å². The first-order valence-corrected chi connectivity index (χ1v) is 6.19. The van der Waals surface area contributed by atoms with E-state index in [1.54, 1.807) is 12.1 Å². The van der Waals surface area contributed by atoms with E-state index in [-0.39, 0.29) is 11.4 Å². The summed E-state index contributed by atoms with van der Waals surface area (Å²) in [5.41, 5.74) is 0.166. The number of hydrogen-bond acceptors (Lipinski definition) is 4. The van der Waals surface area contributed by atoms with Gasteiger partial charge in [-0.15, -0.1) is 0 Å². The van der Waals surface area contributed by atoms with Crippen LogP contribution >= 0.6 is 11.8 Å². The number of aliphatic carboxylic acids is 1. The van der Waals surface area contributed by atoms with Crippen molar-refractivity contribution < 1.29 is 18.7 Å². The Bertz CT molecular complexity index is 575. The molecule has 0 radical (unpaired) electrons. The Balaban J connectivity index is 2.37. The first kappa shape index (κ1) is 13.5. The van der Waals surface area contributed by atoms with Gasteiger partial charge in [0, 0.05) is 12.4 Å². The molecule has 0 aliphatic carbocycles. The number of carbonyl (C=O) groups is 1. The number of pyridine rings is 1. The largest absolute Gasteiger partial charge is 0.481 e. The molecule has 0 aromatic carbocycles. The van der Waals surface area contributed by atoms with Gasteiger partial charge in [-0.3, -0.25) is 9.78 Å². The number of alkyl halides is 2. The van der Waals surface area contributed by atoms with Crippen LogP contribution in [-0.4, -0.2) is 31.6 Å². The van der Waals surface area contributed by atoms with Crippen LogP contribution < -0.4 is 0 Å². The number of nitrogens with zero attached hydrogens (tertiary/aromatic N) is 3. The fourth-order valence-corrected chi connectivity index (χ4v) is 2.14. The van der Waals surface area contributed by atoms with Gasteiger partial charge in [0.25, 0.3) is 6.43 Å². The molecule has 1 N–H and O–H groups in total. The summed E-state index contributed by atoms with van der Waals surface area (Å²) in [6.07, 6.45) is 0.308. The van der Waals surface area contributed by atoms with E-state index in [9.17, 15) is 13.6 Å². The van der Waals surface area contributed by atoms with Gasteiger partial charge in [-0.2, -0.15) is 5.10 Å². The topological polar surface area (TPSA) is 68.0 Å². The maximum Gasteiger partial charge on any atom is 0.313 e.